The van der Waals surface area contributed by atoms with Gasteiger partial charge in [-0.05, 0) is 51.5 Å². The number of benzene rings is 2. The molecule has 2 aromatic carbocycles. The Hall–Kier alpha value is -1.93. The molecule has 1 N–H and O–H groups in total. The Morgan fingerprint density at radius 3 is 1.52 bits per heavy atom. The average molecular weight is 389 g/mol. The largest absolute Gasteiger partial charge is 0.274 e. The van der Waals surface area contributed by atoms with Crippen LogP contribution in [0.15, 0.2) is 41.4 Å². The van der Waals surface area contributed by atoms with Crippen molar-refractivity contribution >= 4 is 5.71 Å². The van der Waals surface area contributed by atoms with Crippen LogP contribution in [0.4, 0.5) is 0 Å². The topological polar surface area (TPSA) is 24.4 Å². The van der Waals surface area contributed by atoms with Crippen molar-refractivity contribution in [1.82, 2.24) is 5.32 Å². The first kappa shape index (κ1) is 21.8. The SMILES string of the molecule is CC(C)c1cccc(C(C)C)c1C1=N[C]NC1c1c(C(C)C)cccc1C(C)C. The van der Waals surface area contributed by atoms with E-state index in [4.69, 9.17) is 4.99 Å². The van der Waals surface area contributed by atoms with E-state index in [9.17, 15) is 0 Å². The summed E-state index contributed by atoms with van der Waals surface area (Å²) in [7, 11) is 0. The summed E-state index contributed by atoms with van der Waals surface area (Å²) in [5.41, 5.74) is 9.37. The van der Waals surface area contributed by atoms with Crippen molar-refractivity contribution < 1.29 is 0 Å². The lowest BCUT2D eigenvalue weighted by Gasteiger charge is -2.28. The second-order valence-corrected chi connectivity index (χ2v) is 9.47. The summed E-state index contributed by atoms with van der Waals surface area (Å²) in [6.07, 6.45) is 0. The van der Waals surface area contributed by atoms with E-state index < -0.39 is 0 Å². The van der Waals surface area contributed by atoms with Gasteiger partial charge in [0.05, 0.1) is 11.8 Å². The maximum Gasteiger partial charge on any atom is 0.197 e. The molecule has 0 saturated carbocycles. The molecule has 0 amide bonds. The van der Waals surface area contributed by atoms with Crippen LogP contribution in [0, 0.1) is 6.67 Å². The highest BCUT2D eigenvalue weighted by atomic mass is 15.1. The van der Waals surface area contributed by atoms with Crippen LogP contribution in [0.3, 0.4) is 0 Å². The quantitative estimate of drug-likeness (QED) is 0.551. The smallest absolute Gasteiger partial charge is 0.197 e. The van der Waals surface area contributed by atoms with E-state index in [2.05, 4.69) is 104 Å². The summed E-state index contributed by atoms with van der Waals surface area (Å²) < 4.78 is 0. The molecule has 2 nitrogen and oxygen atoms in total. The van der Waals surface area contributed by atoms with Gasteiger partial charge in [-0.15, -0.1) is 0 Å². The van der Waals surface area contributed by atoms with E-state index in [0.29, 0.717) is 23.7 Å². The van der Waals surface area contributed by atoms with Crippen LogP contribution in [-0.4, -0.2) is 5.71 Å². The first-order valence-corrected chi connectivity index (χ1v) is 11.1. The minimum absolute atomic E-state index is 0.0448. The molecule has 1 aliphatic rings. The second kappa shape index (κ2) is 8.83. The van der Waals surface area contributed by atoms with Crippen LogP contribution >= 0.6 is 0 Å². The van der Waals surface area contributed by atoms with Crippen LogP contribution in [0.1, 0.15) is 118 Å². The van der Waals surface area contributed by atoms with E-state index in [1.165, 1.54) is 33.4 Å². The Kier molecular flexibility index (Phi) is 6.63. The molecule has 3 rings (SSSR count). The monoisotopic (exact) mass is 388 g/mol. The molecular weight excluding hydrogens is 352 g/mol. The Balaban J connectivity index is 2.25. The van der Waals surface area contributed by atoms with Crippen molar-refractivity contribution in [2.75, 3.05) is 0 Å². The molecule has 0 spiro atoms. The van der Waals surface area contributed by atoms with Gasteiger partial charge in [0.25, 0.3) is 0 Å². The molecule has 0 bridgehead atoms. The van der Waals surface area contributed by atoms with Crippen LogP contribution in [0.25, 0.3) is 0 Å². The van der Waals surface area contributed by atoms with Crippen molar-refractivity contribution in [3.8, 4) is 0 Å². The van der Waals surface area contributed by atoms with E-state index in [1.54, 1.807) is 0 Å². The van der Waals surface area contributed by atoms with E-state index in [-0.39, 0.29) is 6.04 Å². The lowest BCUT2D eigenvalue weighted by Crippen LogP contribution is -2.26. The van der Waals surface area contributed by atoms with E-state index in [0.717, 1.165) is 5.71 Å². The summed E-state index contributed by atoms with van der Waals surface area (Å²) in [5, 5.41) is 3.49. The maximum absolute atomic E-state index is 4.81. The van der Waals surface area contributed by atoms with Crippen LogP contribution < -0.4 is 5.32 Å². The highest BCUT2D eigenvalue weighted by Crippen LogP contribution is 2.39. The van der Waals surface area contributed by atoms with Crippen LogP contribution in [-0.2, 0) is 0 Å². The van der Waals surface area contributed by atoms with Gasteiger partial charge in [0, 0.05) is 5.56 Å². The van der Waals surface area contributed by atoms with Crippen LogP contribution in [0.2, 0.25) is 0 Å². The fraction of sp³-hybridized carbons (Fsp3) is 0.481. The van der Waals surface area contributed by atoms with Crippen molar-refractivity contribution in [2.24, 2.45) is 4.99 Å². The van der Waals surface area contributed by atoms with Crippen molar-refractivity contribution in [1.29, 1.82) is 0 Å². The number of aliphatic imine (C=N–C) groups is 1. The zero-order valence-electron chi connectivity index (χ0n) is 19.3. The van der Waals surface area contributed by atoms with E-state index >= 15 is 0 Å². The summed E-state index contributed by atoms with van der Waals surface area (Å²) in [6, 6.07) is 13.5. The molecule has 0 saturated heterocycles. The molecule has 1 unspecified atom stereocenters. The van der Waals surface area contributed by atoms with Crippen molar-refractivity contribution in [2.45, 2.75) is 85.1 Å². The van der Waals surface area contributed by atoms with Gasteiger partial charge in [-0.2, -0.15) is 0 Å². The summed E-state index contributed by atoms with van der Waals surface area (Å²) >= 11 is 0. The predicted molar refractivity (Wildman–Crippen MR) is 125 cm³/mol. The van der Waals surface area contributed by atoms with Crippen LogP contribution in [0.5, 0.6) is 0 Å². The van der Waals surface area contributed by atoms with E-state index in [1.807, 2.05) is 0 Å². The second-order valence-electron chi connectivity index (χ2n) is 9.47. The Labute approximate surface area is 177 Å². The number of hydrogen-bond donors (Lipinski definition) is 1. The Bertz CT molecular complexity index is 835. The minimum atomic E-state index is 0.0448. The van der Waals surface area contributed by atoms with Crippen molar-refractivity contribution in [3.63, 3.8) is 0 Å². The maximum atomic E-state index is 4.81. The third-order valence-corrected chi connectivity index (χ3v) is 5.99. The normalized spacial score (nSPS) is 17.1. The first-order valence-electron chi connectivity index (χ1n) is 11.1. The zero-order valence-corrected chi connectivity index (χ0v) is 19.3. The minimum Gasteiger partial charge on any atom is -0.274 e. The molecule has 0 aromatic heterocycles. The summed E-state index contributed by atoms with van der Waals surface area (Å²) in [6.45, 7) is 21.3. The highest BCUT2D eigenvalue weighted by molar-refractivity contribution is 6.09. The van der Waals surface area contributed by atoms with Gasteiger partial charge in [0.15, 0.2) is 6.67 Å². The number of hydrogen-bond acceptors (Lipinski definition) is 2. The molecular formula is C27H36N2. The first-order chi connectivity index (χ1) is 13.7. The molecule has 1 heterocycles. The van der Waals surface area contributed by atoms with Gasteiger partial charge in [0.2, 0.25) is 0 Å². The molecule has 0 fully saturated rings. The van der Waals surface area contributed by atoms with Gasteiger partial charge >= 0.3 is 0 Å². The van der Waals surface area contributed by atoms with Gasteiger partial charge < -0.3 is 0 Å². The average Bonchev–Trinajstić information content (AvgIpc) is 3.15. The molecule has 2 radical (unpaired) electrons. The number of rotatable bonds is 6. The Morgan fingerprint density at radius 1 is 0.690 bits per heavy atom. The molecule has 0 aliphatic carbocycles. The van der Waals surface area contributed by atoms with Gasteiger partial charge in [-0.3, -0.25) is 10.3 Å². The number of nitrogens with zero attached hydrogens (tertiary/aromatic N) is 1. The fourth-order valence-corrected chi connectivity index (χ4v) is 4.49. The number of nitrogens with one attached hydrogen (secondary N) is 1. The molecule has 29 heavy (non-hydrogen) atoms. The summed E-state index contributed by atoms with van der Waals surface area (Å²) in [4.78, 5) is 4.81. The molecule has 1 aliphatic heterocycles. The standard InChI is InChI=1S/C27H36N2/c1-16(2)20-11-9-12-21(17(3)4)24(20)26-27(29-15-28-26)25-22(18(5)6)13-10-14-23(25)19(7)8/h9-14,16-19,26,28H,1-8H3. The Morgan fingerprint density at radius 2 is 1.10 bits per heavy atom. The molecule has 1 atom stereocenters. The third kappa shape index (κ3) is 4.19. The fourth-order valence-electron chi connectivity index (χ4n) is 4.49. The molecule has 2 heteroatoms. The van der Waals surface area contributed by atoms with Crippen molar-refractivity contribution in [3.05, 3.63) is 76.4 Å². The van der Waals surface area contributed by atoms with Gasteiger partial charge in [-0.1, -0.05) is 91.8 Å². The lowest BCUT2D eigenvalue weighted by molar-refractivity contribution is 0.718. The highest BCUT2D eigenvalue weighted by Gasteiger charge is 2.32. The lowest BCUT2D eigenvalue weighted by atomic mass is 9.79. The molecule has 2 aromatic rings. The van der Waals surface area contributed by atoms with Gasteiger partial charge in [0.1, 0.15) is 0 Å². The van der Waals surface area contributed by atoms with Gasteiger partial charge in [-0.25, -0.2) is 0 Å². The third-order valence-electron chi connectivity index (χ3n) is 5.99. The summed E-state index contributed by atoms with van der Waals surface area (Å²) in [5.74, 6) is 1.80. The zero-order chi connectivity index (χ0) is 21.3. The molecule has 154 valence electrons. The predicted octanol–water partition coefficient (Wildman–Crippen LogP) is 7.31.